The molecule has 164 valence electrons. The van der Waals surface area contributed by atoms with E-state index in [1.165, 1.54) is 16.4 Å². The predicted octanol–water partition coefficient (Wildman–Crippen LogP) is 4.01. The van der Waals surface area contributed by atoms with E-state index in [0.717, 1.165) is 14.9 Å². The summed E-state index contributed by atoms with van der Waals surface area (Å²) in [6.07, 6.45) is 0.220. The maximum Gasteiger partial charge on any atom is 0.252 e. The van der Waals surface area contributed by atoms with E-state index in [1.807, 2.05) is 30.3 Å². The number of amides is 2. The van der Waals surface area contributed by atoms with Crippen LogP contribution < -0.4 is 4.90 Å². The van der Waals surface area contributed by atoms with E-state index < -0.39 is 27.9 Å². The van der Waals surface area contributed by atoms with Crippen molar-refractivity contribution >= 4 is 43.5 Å². The zero-order valence-electron chi connectivity index (χ0n) is 17.1. The number of anilines is 1. The topological polar surface area (TPSA) is 74.8 Å². The third-order valence-corrected chi connectivity index (χ3v) is 7.82. The van der Waals surface area contributed by atoms with Gasteiger partial charge in [-0.2, -0.15) is 4.31 Å². The Bertz CT molecular complexity index is 1220. The molecule has 4 rings (SSSR count). The number of hydrogen-bond donors (Lipinski definition) is 0. The Morgan fingerprint density at radius 2 is 1.47 bits per heavy atom. The maximum absolute atomic E-state index is 13.6. The molecule has 1 saturated heterocycles. The van der Waals surface area contributed by atoms with Crippen LogP contribution in [0.5, 0.6) is 0 Å². The van der Waals surface area contributed by atoms with Gasteiger partial charge in [0.15, 0.2) is 0 Å². The van der Waals surface area contributed by atoms with Gasteiger partial charge in [0, 0.05) is 11.0 Å². The van der Waals surface area contributed by atoms with Gasteiger partial charge in [-0.3, -0.25) is 9.59 Å². The smallest absolute Gasteiger partial charge is 0.252 e. The summed E-state index contributed by atoms with van der Waals surface area (Å²) in [5, 5.41) is 0. The summed E-state index contributed by atoms with van der Waals surface area (Å²) in [6.45, 7) is 0.0781. The van der Waals surface area contributed by atoms with Gasteiger partial charge >= 0.3 is 0 Å². The highest BCUT2D eigenvalue weighted by Crippen LogP contribution is 2.30. The van der Waals surface area contributed by atoms with Gasteiger partial charge in [-0.15, -0.1) is 0 Å². The van der Waals surface area contributed by atoms with E-state index in [4.69, 9.17) is 0 Å². The normalized spacial score (nSPS) is 16.7. The lowest BCUT2D eigenvalue weighted by Gasteiger charge is -2.27. The van der Waals surface area contributed by atoms with Gasteiger partial charge in [0.25, 0.3) is 5.91 Å². The van der Waals surface area contributed by atoms with Crippen molar-refractivity contribution < 1.29 is 18.0 Å². The maximum atomic E-state index is 13.6. The molecule has 0 spiro atoms. The summed E-state index contributed by atoms with van der Waals surface area (Å²) in [5.41, 5.74) is 1.38. The molecule has 0 aromatic heterocycles. The largest absolute Gasteiger partial charge is 0.274 e. The molecule has 1 unspecified atom stereocenters. The second kappa shape index (κ2) is 9.36. The first-order valence-corrected chi connectivity index (χ1v) is 12.3. The van der Waals surface area contributed by atoms with Crippen molar-refractivity contribution in [2.24, 2.45) is 0 Å². The van der Waals surface area contributed by atoms with Crippen LogP contribution in [-0.4, -0.2) is 37.1 Å². The summed E-state index contributed by atoms with van der Waals surface area (Å²) < 4.78 is 29.1. The minimum atomic E-state index is -4.02. The monoisotopic (exact) mass is 512 g/mol. The first kappa shape index (κ1) is 22.4. The van der Waals surface area contributed by atoms with E-state index in [9.17, 15) is 18.0 Å². The summed E-state index contributed by atoms with van der Waals surface area (Å²) >= 11 is 3.31. The molecule has 0 radical (unpaired) electrons. The van der Waals surface area contributed by atoms with Gasteiger partial charge in [-0.25, -0.2) is 13.3 Å². The van der Waals surface area contributed by atoms with Crippen LogP contribution >= 0.6 is 15.9 Å². The Kier molecular flexibility index (Phi) is 6.55. The summed E-state index contributed by atoms with van der Waals surface area (Å²) in [4.78, 5) is 27.2. The van der Waals surface area contributed by atoms with Gasteiger partial charge in [-0.05, 0) is 48.4 Å². The Balaban J connectivity index is 1.69. The highest BCUT2D eigenvalue weighted by atomic mass is 79.9. The molecule has 1 atom stereocenters. The van der Waals surface area contributed by atoms with Crippen LogP contribution in [0.25, 0.3) is 0 Å². The van der Waals surface area contributed by atoms with Crippen molar-refractivity contribution in [3.63, 3.8) is 0 Å². The molecule has 0 saturated carbocycles. The molecule has 6 nitrogen and oxygen atoms in total. The number of benzene rings is 3. The van der Waals surface area contributed by atoms with Crippen molar-refractivity contribution in [3.05, 3.63) is 95.0 Å². The number of nitrogens with zero attached hydrogens (tertiary/aromatic N) is 2. The summed E-state index contributed by atoms with van der Waals surface area (Å²) in [7, 11) is -4.02. The van der Waals surface area contributed by atoms with Gasteiger partial charge in [0.05, 0.1) is 17.0 Å². The Morgan fingerprint density at radius 1 is 0.875 bits per heavy atom. The second-order valence-electron chi connectivity index (χ2n) is 7.43. The molecule has 1 aliphatic heterocycles. The van der Waals surface area contributed by atoms with Gasteiger partial charge in [-0.1, -0.05) is 64.5 Å². The van der Waals surface area contributed by atoms with E-state index in [-0.39, 0.29) is 17.9 Å². The lowest BCUT2D eigenvalue weighted by molar-refractivity contribution is -0.122. The summed E-state index contributed by atoms with van der Waals surface area (Å²) in [5.74, 6) is -0.947. The number of para-hydroxylation sites is 1. The van der Waals surface area contributed by atoms with Crippen LogP contribution in [0.2, 0.25) is 0 Å². The number of imide groups is 1. The van der Waals surface area contributed by atoms with Gasteiger partial charge < -0.3 is 0 Å². The third kappa shape index (κ3) is 4.53. The molecule has 3 aromatic carbocycles. The number of rotatable bonds is 7. The predicted molar refractivity (Wildman–Crippen MR) is 126 cm³/mol. The molecule has 1 heterocycles. The highest BCUT2D eigenvalue weighted by Gasteiger charge is 2.46. The first-order chi connectivity index (χ1) is 15.4. The van der Waals surface area contributed by atoms with E-state index >= 15 is 0 Å². The van der Waals surface area contributed by atoms with E-state index in [2.05, 4.69) is 15.9 Å². The van der Waals surface area contributed by atoms with Crippen LogP contribution in [0.3, 0.4) is 0 Å². The van der Waals surface area contributed by atoms with Crippen molar-refractivity contribution in [1.29, 1.82) is 0 Å². The standard InChI is InChI=1S/C24H21BrN2O4S/c25-19-11-13-21(14-12-19)32(30,31)26(16-15-18-7-3-1-4-8-18)22-17-23(28)27(24(22)29)20-9-5-2-6-10-20/h1-14,22H,15-17H2. The lowest BCUT2D eigenvalue weighted by atomic mass is 10.1. The molecule has 1 aliphatic rings. The zero-order chi connectivity index (χ0) is 22.7. The van der Waals surface area contributed by atoms with Crippen molar-refractivity contribution in [1.82, 2.24) is 4.31 Å². The number of carbonyl (C=O) groups is 2. The number of hydrogen-bond acceptors (Lipinski definition) is 4. The quantitative estimate of drug-likeness (QED) is 0.448. The SMILES string of the molecule is O=C1CC(N(CCc2ccccc2)S(=O)(=O)c2ccc(Br)cc2)C(=O)N1c1ccccc1. The van der Waals surface area contributed by atoms with Crippen LogP contribution in [0.15, 0.2) is 94.3 Å². The molecule has 8 heteroatoms. The number of sulfonamides is 1. The minimum Gasteiger partial charge on any atom is -0.274 e. The Morgan fingerprint density at radius 3 is 2.09 bits per heavy atom. The summed E-state index contributed by atoms with van der Waals surface area (Å²) in [6, 6.07) is 23.2. The fourth-order valence-corrected chi connectivity index (χ4v) is 5.61. The Hall–Kier alpha value is -2.81. The van der Waals surface area contributed by atoms with Crippen molar-refractivity contribution in [2.45, 2.75) is 23.8 Å². The average molecular weight is 513 g/mol. The number of carbonyl (C=O) groups excluding carboxylic acids is 2. The van der Waals surface area contributed by atoms with Crippen LogP contribution in [-0.2, 0) is 26.0 Å². The number of halogens is 1. The molecule has 3 aromatic rings. The first-order valence-electron chi connectivity index (χ1n) is 10.1. The molecule has 0 N–H and O–H groups in total. The van der Waals surface area contributed by atoms with Gasteiger partial charge in [0.2, 0.25) is 15.9 Å². The molecule has 32 heavy (non-hydrogen) atoms. The molecule has 2 amide bonds. The lowest BCUT2D eigenvalue weighted by Crippen LogP contribution is -2.46. The zero-order valence-corrected chi connectivity index (χ0v) is 19.5. The molecule has 0 aliphatic carbocycles. The van der Waals surface area contributed by atoms with Crippen LogP contribution in [0.1, 0.15) is 12.0 Å². The Labute approximate surface area is 195 Å². The highest BCUT2D eigenvalue weighted by molar-refractivity contribution is 9.10. The molecular formula is C24H21BrN2O4S. The third-order valence-electron chi connectivity index (χ3n) is 5.37. The minimum absolute atomic E-state index is 0.0761. The van der Waals surface area contributed by atoms with E-state index in [0.29, 0.717) is 12.1 Å². The fraction of sp³-hybridized carbons (Fsp3) is 0.167. The molecule has 1 fully saturated rings. The fourth-order valence-electron chi connectivity index (χ4n) is 3.76. The van der Waals surface area contributed by atoms with Crippen molar-refractivity contribution in [2.75, 3.05) is 11.4 Å². The van der Waals surface area contributed by atoms with Gasteiger partial charge in [0.1, 0.15) is 6.04 Å². The second-order valence-corrected chi connectivity index (χ2v) is 10.2. The van der Waals surface area contributed by atoms with Crippen molar-refractivity contribution in [3.8, 4) is 0 Å². The van der Waals surface area contributed by atoms with Crippen LogP contribution in [0.4, 0.5) is 5.69 Å². The molecular weight excluding hydrogens is 492 g/mol. The average Bonchev–Trinajstić information content (AvgIpc) is 3.09. The van der Waals surface area contributed by atoms with Crippen LogP contribution in [0, 0.1) is 0 Å². The van der Waals surface area contributed by atoms with E-state index in [1.54, 1.807) is 42.5 Å². The molecule has 0 bridgehead atoms.